The molecular formula is C14H20INO2. The molecule has 0 aliphatic rings. The third kappa shape index (κ3) is 4.57. The number of benzene rings is 1. The highest BCUT2D eigenvalue weighted by molar-refractivity contribution is 14.1. The van der Waals surface area contributed by atoms with Crippen LogP contribution >= 0.6 is 22.6 Å². The van der Waals surface area contributed by atoms with Gasteiger partial charge in [0.15, 0.2) is 0 Å². The lowest BCUT2D eigenvalue weighted by molar-refractivity contribution is -0.144. The van der Waals surface area contributed by atoms with Gasteiger partial charge in [0.25, 0.3) is 0 Å². The molecular weight excluding hydrogens is 341 g/mol. The highest BCUT2D eigenvalue weighted by Gasteiger charge is 2.25. The molecule has 0 heterocycles. The normalized spacial score (nSPS) is 13.0. The zero-order chi connectivity index (χ0) is 13.7. The van der Waals surface area contributed by atoms with E-state index in [0.717, 1.165) is 13.0 Å². The number of carboxylic acids is 1. The molecule has 0 aliphatic carbocycles. The lowest BCUT2D eigenvalue weighted by Gasteiger charge is -2.27. The molecule has 4 heteroatoms. The minimum Gasteiger partial charge on any atom is -0.480 e. The Morgan fingerprint density at radius 3 is 2.33 bits per heavy atom. The van der Waals surface area contributed by atoms with Crippen LogP contribution in [0.2, 0.25) is 0 Å². The van der Waals surface area contributed by atoms with Gasteiger partial charge in [0.1, 0.15) is 6.04 Å². The summed E-state index contributed by atoms with van der Waals surface area (Å²) in [6.07, 6.45) is 0.879. The van der Waals surface area contributed by atoms with Gasteiger partial charge in [-0.15, -0.1) is 0 Å². The summed E-state index contributed by atoms with van der Waals surface area (Å²) in [5, 5.41) is 9.21. The van der Waals surface area contributed by atoms with E-state index in [0.29, 0.717) is 0 Å². The standard InChI is InChI=1S/C14H20INO2/c1-10(2)13(14(17)18)16(3)9-8-11-4-6-12(15)7-5-11/h4-7,10,13H,8-9H2,1-3H3,(H,17,18)/t13-/m0/s1. The molecule has 0 amide bonds. The first kappa shape index (κ1) is 15.4. The summed E-state index contributed by atoms with van der Waals surface area (Å²) >= 11 is 2.28. The fraction of sp³-hybridized carbons (Fsp3) is 0.500. The second-order valence-electron chi connectivity index (χ2n) is 4.88. The Morgan fingerprint density at radius 1 is 1.33 bits per heavy atom. The highest BCUT2D eigenvalue weighted by atomic mass is 127. The number of likely N-dealkylation sites (N-methyl/N-ethyl adjacent to an activating group) is 1. The first-order chi connectivity index (χ1) is 8.41. The Bertz CT molecular complexity index is 389. The van der Waals surface area contributed by atoms with E-state index in [1.165, 1.54) is 9.13 Å². The third-order valence-electron chi connectivity index (χ3n) is 3.03. The average molecular weight is 361 g/mol. The lowest BCUT2D eigenvalue weighted by atomic mass is 10.0. The molecule has 0 saturated carbocycles. The van der Waals surface area contributed by atoms with Gasteiger partial charge < -0.3 is 5.11 Å². The topological polar surface area (TPSA) is 40.5 Å². The van der Waals surface area contributed by atoms with Gasteiger partial charge in [-0.05, 0) is 59.7 Å². The van der Waals surface area contributed by atoms with Crippen LogP contribution in [0.3, 0.4) is 0 Å². The largest absolute Gasteiger partial charge is 0.480 e. The van der Waals surface area contributed by atoms with E-state index < -0.39 is 12.0 Å². The Kier molecular flexibility index (Phi) is 6.08. The summed E-state index contributed by atoms with van der Waals surface area (Å²) in [6.45, 7) is 4.65. The molecule has 1 N–H and O–H groups in total. The van der Waals surface area contributed by atoms with Gasteiger partial charge in [0.05, 0.1) is 0 Å². The molecule has 0 aromatic heterocycles. The molecule has 0 bridgehead atoms. The highest BCUT2D eigenvalue weighted by Crippen LogP contribution is 2.12. The SMILES string of the molecule is CC(C)[C@@H](C(=O)O)N(C)CCc1ccc(I)cc1. The van der Waals surface area contributed by atoms with Crippen LogP contribution in [-0.2, 0) is 11.2 Å². The van der Waals surface area contributed by atoms with Crippen molar-refractivity contribution in [3.8, 4) is 0 Å². The van der Waals surface area contributed by atoms with Crippen molar-refractivity contribution in [2.75, 3.05) is 13.6 Å². The van der Waals surface area contributed by atoms with Crippen molar-refractivity contribution in [2.45, 2.75) is 26.3 Å². The fourth-order valence-electron chi connectivity index (χ4n) is 2.08. The van der Waals surface area contributed by atoms with E-state index in [1.54, 1.807) is 0 Å². The Labute approximate surface area is 122 Å². The Morgan fingerprint density at radius 2 is 1.89 bits per heavy atom. The molecule has 3 nitrogen and oxygen atoms in total. The fourth-order valence-corrected chi connectivity index (χ4v) is 2.44. The number of hydrogen-bond donors (Lipinski definition) is 1. The number of rotatable bonds is 6. The van der Waals surface area contributed by atoms with E-state index in [2.05, 4.69) is 46.9 Å². The van der Waals surface area contributed by atoms with E-state index in [4.69, 9.17) is 0 Å². The van der Waals surface area contributed by atoms with Crippen LogP contribution in [0, 0.1) is 9.49 Å². The van der Waals surface area contributed by atoms with Gasteiger partial charge in [-0.3, -0.25) is 9.69 Å². The Hall–Kier alpha value is -0.620. The molecule has 0 spiro atoms. The number of nitrogens with zero attached hydrogens (tertiary/aromatic N) is 1. The van der Waals surface area contributed by atoms with Crippen LogP contribution in [0.4, 0.5) is 0 Å². The van der Waals surface area contributed by atoms with Crippen molar-refractivity contribution in [2.24, 2.45) is 5.92 Å². The third-order valence-corrected chi connectivity index (χ3v) is 3.74. The van der Waals surface area contributed by atoms with Gasteiger partial charge in [-0.1, -0.05) is 26.0 Å². The molecule has 0 saturated heterocycles. The summed E-state index contributed by atoms with van der Waals surface area (Å²) in [5.74, 6) is -0.626. The maximum atomic E-state index is 11.2. The summed E-state index contributed by atoms with van der Waals surface area (Å²) < 4.78 is 1.22. The molecule has 100 valence electrons. The van der Waals surface area contributed by atoms with Gasteiger partial charge >= 0.3 is 5.97 Å². The molecule has 1 aromatic carbocycles. The van der Waals surface area contributed by atoms with Gasteiger partial charge in [-0.2, -0.15) is 0 Å². The number of hydrogen-bond acceptors (Lipinski definition) is 2. The van der Waals surface area contributed by atoms with Crippen molar-refractivity contribution in [3.05, 3.63) is 33.4 Å². The summed E-state index contributed by atoms with van der Waals surface area (Å²) in [7, 11) is 1.88. The molecule has 0 aliphatic heterocycles. The van der Waals surface area contributed by atoms with Crippen LogP contribution < -0.4 is 0 Å². The van der Waals surface area contributed by atoms with Gasteiger partial charge in [0.2, 0.25) is 0 Å². The van der Waals surface area contributed by atoms with E-state index >= 15 is 0 Å². The predicted octanol–water partition coefficient (Wildman–Crippen LogP) is 2.87. The van der Waals surface area contributed by atoms with Crippen molar-refractivity contribution < 1.29 is 9.90 Å². The molecule has 1 atom stereocenters. The maximum absolute atomic E-state index is 11.2. The maximum Gasteiger partial charge on any atom is 0.321 e. The smallest absolute Gasteiger partial charge is 0.321 e. The Balaban J connectivity index is 2.56. The molecule has 0 unspecified atom stereocenters. The van der Waals surface area contributed by atoms with Crippen molar-refractivity contribution in [3.63, 3.8) is 0 Å². The predicted molar refractivity (Wildman–Crippen MR) is 81.8 cm³/mol. The quantitative estimate of drug-likeness (QED) is 0.793. The molecule has 18 heavy (non-hydrogen) atoms. The van der Waals surface area contributed by atoms with Gasteiger partial charge in [-0.25, -0.2) is 0 Å². The van der Waals surface area contributed by atoms with Crippen molar-refractivity contribution in [1.29, 1.82) is 0 Å². The number of halogens is 1. The summed E-state index contributed by atoms with van der Waals surface area (Å²) in [5.41, 5.74) is 1.25. The molecule has 1 rings (SSSR count). The summed E-state index contributed by atoms with van der Waals surface area (Å²) in [6, 6.07) is 7.94. The van der Waals surface area contributed by atoms with Crippen LogP contribution in [0.15, 0.2) is 24.3 Å². The van der Waals surface area contributed by atoms with Crippen LogP contribution in [0.1, 0.15) is 19.4 Å². The van der Waals surface area contributed by atoms with E-state index in [1.807, 2.05) is 25.8 Å². The number of carbonyl (C=O) groups is 1. The molecule has 0 fully saturated rings. The zero-order valence-corrected chi connectivity index (χ0v) is 13.2. The zero-order valence-electron chi connectivity index (χ0n) is 11.1. The minimum absolute atomic E-state index is 0.115. The second-order valence-corrected chi connectivity index (χ2v) is 6.13. The minimum atomic E-state index is -0.741. The molecule has 0 radical (unpaired) electrons. The number of aliphatic carboxylic acids is 1. The van der Waals surface area contributed by atoms with Gasteiger partial charge in [0, 0.05) is 10.1 Å². The second kappa shape index (κ2) is 7.09. The monoisotopic (exact) mass is 361 g/mol. The molecule has 1 aromatic rings. The van der Waals surface area contributed by atoms with Crippen LogP contribution in [-0.4, -0.2) is 35.6 Å². The van der Waals surface area contributed by atoms with Crippen LogP contribution in [0.25, 0.3) is 0 Å². The number of carboxylic acid groups (broad SMARTS) is 1. The van der Waals surface area contributed by atoms with Crippen molar-refractivity contribution in [1.82, 2.24) is 4.90 Å². The van der Waals surface area contributed by atoms with E-state index in [-0.39, 0.29) is 5.92 Å². The average Bonchev–Trinajstić information content (AvgIpc) is 2.27. The first-order valence-electron chi connectivity index (χ1n) is 6.09. The lowest BCUT2D eigenvalue weighted by Crippen LogP contribution is -2.43. The van der Waals surface area contributed by atoms with E-state index in [9.17, 15) is 9.90 Å². The van der Waals surface area contributed by atoms with Crippen LogP contribution in [0.5, 0.6) is 0 Å². The summed E-state index contributed by atoms with van der Waals surface area (Å²) in [4.78, 5) is 13.1. The van der Waals surface area contributed by atoms with Crippen molar-refractivity contribution >= 4 is 28.6 Å². The first-order valence-corrected chi connectivity index (χ1v) is 7.17.